The molecular weight excluding hydrogens is 316 g/mol. The van der Waals surface area contributed by atoms with Crippen LogP contribution in [0.3, 0.4) is 0 Å². The number of carbonyl (C=O) groups excluding carboxylic acids is 1. The van der Waals surface area contributed by atoms with E-state index < -0.39 is 10.0 Å². The molecule has 6 nitrogen and oxygen atoms in total. The van der Waals surface area contributed by atoms with E-state index in [0.29, 0.717) is 12.3 Å². The number of benzene rings is 1. The van der Waals surface area contributed by atoms with E-state index >= 15 is 0 Å². The van der Waals surface area contributed by atoms with Crippen LogP contribution in [0.1, 0.15) is 31.7 Å². The number of hydrogen-bond acceptors (Lipinski definition) is 4. The molecule has 0 aliphatic rings. The van der Waals surface area contributed by atoms with Gasteiger partial charge < -0.3 is 10.1 Å². The lowest BCUT2D eigenvalue weighted by molar-refractivity contribution is -0.121. The quantitative estimate of drug-likeness (QED) is 0.658. The van der Waals surface area contributed by atoms with Crippen molar-refractivity contribution in [3.05, 3.63) is 29.8 Å². The lowest BCUT2D eigenvalue weighted by atomic mass is 10.2. The zero-order valence-electron chi connectivity index (χ0n) is 14.0. The van der Waals surface area contributed by atoms with E-state index in [1.165, 1.54) is 7.11 Å². The molecule has 0 heterocycles. The fraction of sp³-hybridized carbons (Fsp3) is 0.562. The molecule has 1 N–H and O–H groups in total. The zero-order valence-corrected chi connectivity index (χ0v) is 14.9. The van der Waals surface area contributed by atoms with E-state index in [-0.39, 0.29) is 19.0 Å². The third kappa shape index (κ3) is 7.00. The Kier molecular flexibility index (Phi) is 8.05. The highest BCUT2D eigenvalue weighted by Crippen LogP contribution is 2.20. The van der Waals surface area contributed by atoms with Gasteiger partial charge in [0.15, 0.2) is 0 Å². The number of nitrogens with one attached hydrogen (secondary N) is 1. The first-order valence-electron chi connectivity index (χ1n) is 7.72. The minimum atomic E-state index is -3.50. The molecule has 0 saturated carbocycles. The first-order chi connectivity index (χ1) is 10.9. The Morgan fingerprint density at radius 3 is 2.57 bits per heavy atom. The molecule has 0 aliphatic heterocycles. The van der Waals surface area contributed by atoms with Crippen molar-refractivity contribution in [1.82, 2.24) is 9.62 Å². The molecule has 0 aliphatic carbocycles. The molecule has 1 amide bonds. The summed E-state index contributed by atoms with van der Waals surface area (Å²) in [5, 5.41) is 2.76. The van der Waals surface area contributed by atoms with Crippen molar-refractivity contribution >= 4 is 15.9 Å². The maximum atomic E-state index is 12.0. The van der Waals surface area contributed by atoms with Gasteiger partial charge >= 0.3 is 0 Å². The van der Waals surface area contributed by atoms with Crippen LogP contribution in [-0.2, 0) is 21.4 Å². The van der Waals surface area contributed by atoms with Crippen molar-refractivity contribution in [1.29, 1.82) is 0 Å². The number of rotatable bonds is 10. The number of methoxy groups -OCH3 is 1. The number of nitrogens with zero attached hydrogens (tertiary/aromatic N) is 1. The molecule has 0 unspecified atom stereocenters. The highest BCUT2D eigenvalue weighted by molar-refractivity contribution is 7.88. The predicted molar refractivity (Wildman–Crippen MR) is 90.8 cm³/mol. The summed E-state index contributed by atoms with van der Waals surface area (Å²) < 4.78 is 30.3. The van der Waals surface area contributed by atoms with E-state index in [1.54, 1.807) is 12.1 Å². The number of sulfonamides is 1. The van der Waals surface area contributed by atoms with Gasteiger partial charge in [-0.3, -0.25) is 4.79 Å². The summed E-state index contributed by atoms with van der Waals surface area (Å²) in [6, 6.07) is 7.17. The van der Waals surface area contributed by atoms with E-state index in [2.05, 4.69) is 12.2 Å². The van der Waals surface area contributed by atoms with Crippen LogP contribution in [0.2, 0.25) is 0 Å². The van der Waals surface area contributed by atoms with Crippen LogP contribution < -0.4 is 10.1 Å². The summed E-state index contributed by atoms with van der Waals surface area (Å²) in [5.41, 5.74) is 0.721. The van der Waals surface area contributed by atoms with Gasteiger partial charge in [0.2, 0.25) is 15.9 Å². The van der Waals surface area contributed by atoms with Crippen LogP contribution >= 0.6 is 0 Å². The Balaban J connectivity index is 2.72. The third-order valence-electron chi connectivity index (χ3n) is 3.43. The number of carbonyl (C=O) groups is 1. The van der Waals surface area contributed by atoms with Crippen molar-refractivity contribution < 1.29 is 17.9 Å². The van der Waals surface area contributed by atoms with Gasteiger partial charge in [-0.05, 0) is 12.5 Å². The fourth-order valence-corrected chi connectivity index (χ4v) is 2.86. The molecule has 130 valence electrons. The molecular formula is C16H26N2O4S. The van der Waals surface area contributed by atoms with E-state index in [1.807, 2.05) is 12.1 Å². The second-order valence-corrected chi connectivity index (χ2v) is 7.38. The first-order valence-corrected chi connectivity index (χ1v) is 9.57. The zero-order chi connectivity index (χ0) is 17.3. The number of para-hydroxylation sites is 1. The monoisotopic (exact) mass is 342 g/mol. The van der Waals surface area contributed by atoms with E-state index in [4.69, 9.17) is 4.74 Å². The smallest absolute Gasteiger partial charge is 0.235 e. The lowest BCUT2D eigenvalue weighted by Crippen LogP contribution is -2.40. The lowest BCUT2D eigenvalue weighted by Gasteiger charge is -2.20. The number of ether oxygens (including phenoxy) is 1. The van der Waals surface area contributed by atoms with Gasteiger partial charge in [-0.15, -0.1) is 0 Å². The standard InChI is InChI=1S/C16H26N2O4S/c1-4-5-8-11-17-16(19)13-18(23(3,20)21)12-14-9-6-7-10-15(14)22-2/h6-7,9-10H,4-5,8,11-13H2,1-3H3,(H,17,19). The molecule has 1 aromatic rings. The molecule has 1 rings (SSSR count). The van der Waals surface area contributed by atoms with Crippen molar-refractivity contribution in [2.45, 2.75) is 32.7 Å². The average Bonchev–Trinajstić information content (AvgIpc) is 2.50. The molecule has 0 spiro atoms. The Labute approximate surface area is 138 Å². The van der Waals surface area contributed by atoms with Crippen molar-refractivity contribution in [2.24, 2.45) is 0 Å². The van der Waals surface area contributed by atoms with Crippen molar-refractivity contribution in [3.63, 3.8) is 0 Å². The van der Waals surface area contributed by atoms with Crippen LogP contribution in [0.15, 0.2) is 24.3 Å². The summed E-state index contributed by atoms with van der Waals surface area (Å²) in [5.74, 6) is 0.311. The van der Waals surface area contributed by atoms with Crippen LogP contribution in [-0.4, -0.2) is 45.1 Å². The maximum absolute atomic E-state index is 12.0. The molecule has 0 aromatic heterocycles. The van der Waals surface area contributed by atoms with E-state index in [0.717, 1.165) is 35.4 Å². The van der Waals surface area contributed by atoms with Gasteiger partial charge in [0, 0.05) is 18.7 Å². The van der Waals surface area contributed by atoms with Gasteiger partial charge in [-0.2, -0.15) is 4.31 Å². The Morgan fingerprint density at radius 2 is 1.96 bits per heavy atom. The van der Waals surface area contributed by atoms with Gasteiger partial charge in [0.1, 0.15) is 5.75 Å². The first kappa shape index (κ1) is 19.4. The summed E-state index contributed by atoms with van der Waals surface area (Å²) in [6.45, 7) is 2.56. The van der Waals surface area contributed by atoms with Crippen LogP contribution in [0.4, 0.5) is 0 Å². The van der Waals surface area contributed by atoms with Gasteiger partial charge in [-0.1, -0.05) is 38.0 Å². The van der Waals surface area contributed by atoms with Gasteiger partial charge in [0.05, 0.1) is 19.9 Å². The molecule has 0 saturated heterocycles. The van der Waals surface area contributed by atoms with Gasteiger partial charge in [-0.25, -0.2) is 8.42 Å². The van der Waals surface area contributed by atoms with E-state index in [9.17, 15) is 13.2 Å². The van der Waals surface area contributed by atoms with Crippen LogP contribution in [0, 0.1) is 0 Å². The third-order valence-corrected chi connectivity index (χ3v) is 4.63. The predicted octanol–water partition coefficient (Wildman–Crippen LogP) is 1.76. The highest BCUT2D eigenvalue weighted by Gasteiger charge is 2.21. The molecule has 7 heteroatoms. The highest BCUT2D eigenvalue weighted by atomic mass is 32.2. The normalized spacial score (nSPS) is 11.5. The molecule has 0 fully saturated rings. The average molecular weight is 342 g/mol. The fourth-order valence-electron chi connectivity index (χ4n) is 2.13. The number of unbranched alkanes of at least 4 members (excludes halogenated alkanes) is 2. The van der Waals surface area contributed by atoms with Crippen molar-refractivity contribution in [3.8, 4) is 5.75 Å². The molecule has 0 atom stereocenters. The maximum Gasteiger partial charge on any atom is 0.235 e. The Bertz CT molecular complexity index is 602. The Hall–Kier alpha value is -1.60. The summed E-state index contributed by atoms with van der Waals surface area (Å²) in [7, 11) is -1.97. The van der Waals surface area contributed by atoms with Crippen LogP contribution in [0.25, 0.3) is 0 Å². The second-order valence-electron chi connectivity index (χ2n) is 5.40. The van der Waals surface area contributed by atoms with Crippen LogP contribution in [0.5, 0.6) is 5.75 Å². The molecule has 1 aromatic carbocycles. The largest absolute Gasteiger partial charge is 0.496 e. The Morgan fingerprint density at radius 1 is 1.26 bits per heavy atom. The topological polar surface area (TPSA) is 75.7 Å². The van der Waals surface area contributed by atoms with Crippen molar-refractivity contribution in [2.75, 3.05) is 26.5 Å². The van der Waals surface area contributed by atoms with Gasteiger partial charge in [0.25, 0.3) is 0 Å². The number of hydrogen-bond donors (Lipinski definition) is 1. The summed E-state index contributed by atoms with van der Waals surface area (Å²) >= 11 is 0. The summed E-state index contributed by atoms with van der Waals surface area (Å²) in [6.07, 6.45) is 4.11. The number of amides is 1. The minimum absolute atomic E-state index is 0.102. The minimum Gasteiger partial charge on any atom is -0.496 e. The second kappa shape index (κ2) is 9.52. The molecule has 0 bridgehead atoms. The molecule has 23 heavy (non-hydrogen) atoms. The SMILES string of the molecule is CCCCCNC(=O)CN(Cc1ccccc1OC)S(C)(=O)=O. The summed E-state index contributed by atoms with van der Waals surface area (Å²) in [4.78, 5) is 12.0. The molecule has 0 radical (unpaired) electrons.